The van der Waals surface area contributed by atoms with E-state index in [9.17, 15) is 13.0 Å². The summed E-state index contributed by atoms with van der Waals surface area (Å²) in [6.07, 6.45) is 3.59. The molecule has 8 heteroatoms. The van der Waals surface area contributed by atoms with Crippen molar-refractivity contribution in [3.8, 4) is 11.3 Å². The van der Waals surface area contributed by atoms with Gasteiger partial charge in [-0.3, -0.25) is 0 Å². The van der Waals surface area contributed by atoms with E-state index in [0.29, 0.717) is 0 Å². The Hall–Kier alpha value is -2.61. The fraction of sp³-hybridized carbons (Fsp3) is 0.105. The predicted molar refractivity (Wildman–Crippen MR) is 103 cm³/mol. The average molecular weight is 402 g/mol. The number of hydrogen-bond acceptors (Lipinski definition) is 5. The summed E-state index contributed by atoms with van der Waals surface area (Å²) in [6.45, 7) is 1.31. The Morgan fingerprint density at radius 3 is 2.33 bits per heavy atom. The number of rotatable bonds is 2. The van der Waals surface area contributed by atoms with Gasteiger partial charge in [0.2, 0.25) is 6.20 Å². The number of fused-ring (bicyclic) bond motifs is 2. The number of nitrogens with zero attached hydrogens (tertiary/aromatic N) is 3. The van der Waals surface area contributed by atoms with E-state index < -0.39 is 10.1 Å². The lowest BCUT2D eigenvalue weighted by Gasteiger charge is -2.01. The third kappa shape index (κ3) is 4.77. The van der Waals surface area contributed by atoms with E-state index >= 15 is 0 Å². The summed E-state index contributed by atoms with van der Waals surface area (Å²) < 4.78 is 30.2. The molecule has 0 aliphatic carbocycles. The van der Waals surface area contributed by atoms with Gasteiger partial charge in [0.05, 0.1) is 10.1 Å². The number of aromatic nitrogens is 3. The van der Waals surface area contributed by atoms with E-state index in [1.165, 1.54) is 12.3 Å². The van der Waals surface area contributed by atoms with Crippen molar-refractivity contribution in [2.24, 2.45) is 0 Å². The molecule has 0 radical (unpaired) electrons. The molecule has 0 N–H and O–H groups in total. The SMILES string of the molecule is CCS(=O)(=O)[O-].Clc1ccc(-c2ncn[n+]3cc4ccccc4cc23)cc1. The summed E-state index contributed by atoms with van der Waals surface area (Å²) >= 11 is 5.96. The van der Waals surface area contributed by atoms with E-state index in [1.54, 1.807) is 6.33 Å². The molecule has 2 aromatic heterocycles. The second-order valence-electron chi connectivity index (χ2n) is 5.69. The van der Waals surface area contributed by atoms with Gasteiger partial charge < -0.3 is 4.55 Å². The number of pyridine rings is 1. The topological polar surface area (TPSA) is 87.1 Å². The van der Waals surface area contributed by atoms with Gasteiger partial charge in [0, 0.05) is 32.9 Å². The van der Waals surface area contributed by atoms with Crippen LogP contribution in [0.2, 0.25) is 5.02 Å². The lowest BCUT2D eigenvalue weighted by atomic mass is 10.1. The van der Waals surface area contributed by atoms with Crippen molar-refractivity contribution in [1.82, 2.24) is 10.1 Å². The van der Waals surface area contributed by atoms with Crippen molar-refractivity contribution in [2.75, 3.05) is 5.75 Å². The van der Waals surface area contributed by atoms with E-state index in [-0.39, 0.29) is 5.75 Å². The second-order valence-corrected chi connectivity index (χ2v) is 7.82. The summed E-state index contributed by atoms with van der Waals surface area (Å²) in [5, 5.41) is 7.35. The Labute approximate surface area is 161 Å². The van der Waals surface area contributed by atoms with Crippen LogP contribution in [0.4, 0.5) is 0 Å². The van der Waals surface area contributed by atoms with E-state index in [1.807, 2.05) is 47.1 Å². The highest BCUT2D eigenvalue weighted by Gasteiger charge is 2.14. The Morgan fingerprint density at radius 2 is 1.70 bits per heavy atom. The zero-order chi connectivity index (χ0) is 19.4. The molecule has 4 rings (SSSR count). The van der Waals surface area contributed by atoms with E-state index in [0.717, 1.165) is 27.2 Å². The summed E-state index contributed by atoms with van der Waals surface area (Å²) in [7, 11) is -3.91. The van der Waals surface area contributed by atoms with Gasteiger partial charge in [0.25, 0.3) is 5.52 Å². The van der Waals surface area contributed by atoms with Crippen LogP contribution in [0, 0.1) is 0 Å². The van der Waals surface area contributed by atoms with Gasteiger partial charge in [-0.1, -0.05) is 48.9 Å². The highest BCUT2D eigenvalue weighted by Crippen LogP contribution is 2.23. The van der Waals surface area contributed by atoms with Gasteiger partial charge in [0.15, 0.2) is 6.33 Å². The molecule has 27 heavy (non-hydrogen) atoms. The molecule has 0 spiro atoms. The third-order valence-corrected chi connectivity index (χ3v) is 4.83. The maximum atomic E-state index is 9.44. The predicted octanol–water partition coefficient (Wildman–Crippen LogP) is 3.24. The summed E-state index contributed by atoms with van der Waals surface area (Å²) in [5.41, 5.74) is 2.89. The molecule has 0 saturated heterocycles. The molecule has 138 valence electrons. The van der Waals surface area contributed by atoms with Gasteiger partial charge in [0.1, 0.15) is 5.69 Å². The molecule has 4 aromatic rings. The molecule has 0 bridgehead atoms. The van der Waals surface area contributed by atoms with E-state index in [2.05, 4.69) is 28.3 Å². The van der Waals surface area contributed by atoms with Crippen LogP contribution in [0.5, 0.6) is 0 Å². The summed E-state index contributed by atoms with van der Waals surface area (Å²) in [5.74, 6) is -0.312. The molecular weight excluding hydrogens is 386 g/mol. The number of halogens is 1. The highest BCUT2D eigenvalue weighted by atomic mass is 35.5. The van der Waals surface area contributed by atoms with Crippen molar-refractivity contribution in [2.45, 2.75) is 6.92 Å². The average Bonchev–Trinajstić information content (AvgIpc) is 2.66. The summed E-state index contributed by atoms with van der Waals surface area (Å²) in [4.78, 5) is 4.44. The Balaban J connectivity index is 0.000000307. The van der Waals surface area contributed by atoms with Crippen LogP contribution in [-0.2, 0) is 10.1 Å². The first-order chi connectivity index (χ1) is 12.9. The molecule has 6 nitrogen and oxygen atoms in total. The van der Waals surface area contributed by atoms with Crippen molar-refractivity contribution in [3.05, 3.63) is 72.1 Å². The fourth-order valence-electron chi connectivity index (χ4n) is 2.48. The van der Waals surface area contributed by atoms with Gasteiger partial charge in [-0.25, -0.2) is 13.4 Å². The molecule has 0 saturated carbocycles. The maximum Gasteiger partial charge on any atom is 0.264 e. The molecule has 0 aliphatic rings. The first-order valence-electron chi connectivity index (χ1n) is 8.12. The Bertz CT molecular complexity index is 1200. The quantitative estimate of drug-likeness (QED) is 0.292. The van der Waals surface area contributed by atoms with Crippen LogP contribution in [0.1, 0.15) is 6.92 Å². The molecule has 0 atom stereocenters. The minimum Gasteiger partial charge on any atom is -0.748 e. The van der Waals surface area contributed by atoms with Crippen molar-refractivity contribution < 1.29 is 17.5 Å². The third-order valence-electron chi connectivity index (χ3n) is 3.87. The van der Waals surface area contributed by atoms with Crippen LogP contribution in [0.3, 0.4) is 0 Å². The van der Waals surface area contributed by atoms with Crippen LogP contribution >= 0.6 is 11.6 Å². The first kappa shape index (κ1) is 19.2. The normalized spacial score (nSPS) is 11.2. The minimum absolute atomic E-state index is 0.312. The number of benzene rings is 2. The lowest BCUT2D eigenvalue weighted by molar-refractivity contribution is -0.579. The molecule has 0 fully saturated rings. The van der Waals surface area contributed by atoms with Gasteiger partial charge >= 0.3 is 0 Å². The molecule has 2 aromatic carbocycles. The van der Waals surface area contributed by atoms with Gasteiger partial charge in [-0.05, 0) is 28.1 Å². The van der Waals surface area contributed by atoms with E-state index in [4.69, 9.17) is 11.6 Å². The van der Waals surface area contributed by atoms with Gasteiger partial charge in [-0.2, -0.15) is 0 Å². The molecule has 0 amide bonds. The fourth-order valence-corrected chi connectivity index (χ4v) is 2.61. The smallest absolute Gasteiger partial charge is 0.264 e. The summed E-state index contributed by atoms with van der Waals surface area (Å²) in [6, 6.07) is 18.0. The van der Waals surface area contributed by atoms with Crippen molar-refractivity contribution in [1.29, 1.82) is 0 Å². The van der Waals surface area contributed by atoms with Crippen LogP contribution < -0.4 is 4.52 Å². The largest absolute Gasteiger partial charge is 0.748 e. The zero-order valence-electron chi connectivity index (χ0n) is 14.4. The Morgan fingerprint density at radius 1 is 1.07 bits per heavy atom. The van der Waals surface area contributed by atoms with Crippen molar-refractivity contribution in [3.63, 3.8) is 0 Å². The Kier molecular flexibility index (Phi) is 5.65. The van der Waals surface area contributed by atoms with Crippen LogP contribution in [0.25, 0.3) is 27.5 Å². The standard InChI is InChI=1S/C17H11ClN3.C2H6O3S/c18-15-7-5-12(6-8-15)17-16-9-13-3-1-2-4-14(13)10-21(16)20-11-19-17;1-2-6(3,4)5/h1-11H;2H2,1H3,(H,3,4,5)/q+1;/p-1. The van der Waals surface area contributed by atoms with Crippen LogP contribution in [0.15, 0.2) is 67.1 Å². The lowest BCUT2D eigenvalue weighted by Crippen LogP contribution is -2.27. The number of hydrogen-bond donors (Lipinski definition) is 0. The second kappa shape index (κ2) is 7.96. The van der Waals surface area contributed by atoms with Crippen LogP contribution in [-0.4, -0.2) is 28.8 Å². The first-order valence-corrected chi connectivity index (χ1v) is 10.1. The van der Waals surface area contributed by atoms with Gasteiger partial charge in [-0.15, -0.1) is 0 Å². The maximum absolute atomic E-state index is 9.44. The molecular formula is C19H16ClN3O3S. The minimum atomic E-state index is -3.91. The zero-order valence-corrected chi connectivity index (χ0v) is 16.0. The molecule has 2 heterocycles. The molecule has 0 aliphatic heterocycles. The molecule has 0 unspecified atom stereocenters. The highest BCUT2D eigenvalue weighted by molar-refractivity contribution is 7.85. The van der Waals surface area contributed by atoms with Crippen molar-refractivity contribution >= 4 is 38.0 Å². The monoisotopic (exact) mass is 401 g/mol.